The number of phenolic OH excluding ortho intramolecular Hbond substituents is 1. The van der Waals surface area contributed by atoms with E-state index in [1.54, 1.807) is 24.1 Å². The van der Waals surface area contributed by atoms with Gasteiger partial charge in [-0.25, -0.2) is 0 Å². The molecule has 0 bridgehead atoms. The molecule has 3 rings (SSSR count). The molecule has 0 aliphatic carbocycles. The van der Waals surface area contributed by atoms with Gasteiger partial charge in [-0.3, -0.25) is 14.7 Å². The van der Waals surface area contributed by atoms with Crippen LogP contribution < -0.4 is 0 Å². The molecule has 140 valence electrons. The lowest BCUT2D eigenvalue weighted by molar-refractivity contribution is -0.144. The van der Waals surface area contributed by atoms with E-state index in [0.717, 1.165) is 27.6 Å². The maximum Gasteiger partial charge on any atom is 0.320 e. The third-order valence-corrected chi connectivity index (χ3v) is 4.47. The number of nitrogens with zero attached hydrogens (tertiary/aromatic N) is 2. The smallest absolute Gasteiger partial charge is 0.320 e. The monoisotopic (exact) mass is 384 g/mol. The predicted octanol–water partition coefficient (Wildman–Crippen LogP) is 4.26. The zero-order valence-electron chi connectivity index (χ0n) is 15.3. The highest BCUT2D eigenvalue weighted by molar-refractivity contribution is 6.31. The van der Waals surface area contributed by atoms with Crippen molar-refractivity contribution in [3.63, 3.8) is 0 Å². The second kappa shape index (κ2) is 8.37. The van der Waals surface area contributed by atoms with Gasteiger partial charge in [0, 0.05) is 28.7 Å². The van der Waals surface area contributed by atoms with Crippen LogP contribution in [0.2, 0.25) is 5.02 Å². The summed E-state index contributed by atoms with van der Waals surface area (Å²) in [6, 6.07) is 13.0. The van der Waals surface area contributed by atoms with Crippen LogP contribution >= 0.6 is 11.6 Å². The zero-order valence-corrected chi connectivity index (χ0v) is 16.0. The number of esters is 1. The highest BCUT2D eigenvalue weighted by Crippen LogP contribution is 2.32. The Hall–Kier alpha value is -2.63. The number of carbonyl (C=O) groups is 1. The van der Waals surface area contributed by atoms with Crippen molar-refractivity contribution in [3.05, 3.63) is 59.2 Å². The van der Waals surface area contributed by atoms with Crippen LogP contribution in [0.5, 0.6) is 5.75 Å². The Kier molecular flexibility index (Phi) is 5.94. The second-order valence-electron chi connectivity index (χ2n) is 6.34. The molecule has 1 N–H and O–H groups in total. The second-order valence-corrected chi connectivity index (χ2v) is 6.78. The Morgan fingerprint density at radius 3 is 2.81 bits per heavy atom. The molecule has 6 heteroatoms. The van der Waals surface area contributed by atoms with Crippen LogP contribution in [0.3, 0.4) is 0 Å². The van der Waals surface area contributed by atoms with Gasteiger partial charge in [-0.2, -0.15) is 0 Å². The lowest BCUT2D eigenvalue weighted by Gasteiger charge is -2.17. The molecule has 3 aromatic rings. The topological polar surface area (TPSA) is 62.7 Å². The number of likely N-dealkylation sites (N-methyl/N-ethyl adjacent to an activating group) is 1. The number of ether oxygens (including phenoxy) is 1. The van der Waals surface area contributed by atoms with E-state index in [2.05, 4.69) is 4.98 Å². The van der Waals surface area contributed by atoms with Gasteiger partial charge >= 0.3 is 5.97 Å². The summed E-state index contributed by atoms with van der Waals surface area (Å²) in [7, 11) is 1.81. The molecule has 0 saturated carbocycles. The molecule has 0 aliphatic heterocycles. The van der Waals surface area contributed by atoms with Gasteiger partial charge in [-0.15, -0.1) is 0 Å². The number of aromatic nitrogens is 1. The number of benzene rings is 2. The molecule has 1 aromatic heterocycles. The Balaban J connectivity index is 1.91. The number of fused-ring (bicyclic) bond motifs is 1. The fraction of sp³-hybridized carbons (Fsp3) is 0.238. The van der Waals surface area contributed by atoms with Gasteiger partial charge in [0.25, 0.3) is 0 Å². The van der Waals surface area contributed by atoms with Crippen LogP contribution in [-0.4, -0.2) is 41.2 Å². The molecule has 0 fully saturated rings. The summed E-state index contributed by atoms with van der Waals surface area (Å²) in [5.74, 6) is -0.0940. The van der Waals surface area contributed by atoms with Crippen molar-refractivity contribution in [3.8, 4) is 16.9 Å². The van der Waals surface area contributed by atoms with Crippen molar-refractivity contribution < 1.29 is 14.6 Å². The van der Waals surface area contributed by atoms with E-state index in [4.69, 9.17) is 16.3 Å². The summed E-state index contributed by atoms with van der Waals surface area (Å²) in [6.07, 6.45) is 1.74. The lowest BCUT2D eigenvalue weighted by Crippen LogP contribution is -2.27. The van der Waals surface area contributed by atoms with Crippen LogP contribution in [0.4, 0.5) is 0 Å². The average molecular weight is 385 g/mol. The first kappa shape index (κ1) is 19.1. The first-order valence-corrected chi connectivity index (χ1v) is 9.06. The van der Waals surface area contributed by atoms with E-state index < -0.39 is 0 Å². The SMILES string of the molecule is CCOC(=O)CN(C)Cc1cc(-c2ccnc3cc(Cl)ccc23)ccc1O. The molecule has 0 saturated heterocycles. The van der Waals surface area contributed by atoms with Gasteiger partial charge < -0.3 is 9.84 Å². The minimum atomic E-state index is -0.285. The fourth-order valence-electron chi connectivity index (χ4n) is 3.03. The van der Waals surface area contributed by atoms with E-state index in [1.165, 1.54) is 0 Å². The van der Waals surface area contributed by atoms with Crippen LogP contribution in [0, 0.1) is 0 Å². The van der Waals surface area contributed by atoms with Gasteiger partial charge in [0.1, 0.15) is 5.75 Å². The fourth-order valence-corrected chi connectivity index (χ4v) is 3.19. The molecule has 1 heterocycles. The van der Waals surface area contributed by atoms with Crippen LogP contribution in [0.15, 0.2) is 48.7 Å². The zero-order chi connectivity index (χ0) is 19.4. The summed E-state index contributed by atoms with van der Waals surface area (Å²) in [5, 5.41) is 11.9. The first-order valence-electron chi connectivity index (χ1n) is 8.68. The van der Waals surface area contributed by atoms with Crippen molar-refractivity contribution in [1.29, 1.82) is 0 Å². The highest BCUT2D eigenvalue weighted by atomic mass is 35.5. The first-order chi connectivity index (χ1) is 13.0. The van der Waals surface area contributed by atoms with E-state index in [-0.39, 0.29) is 18.3 Å². The normalized spacial score (nSPS) is 11.1. The molecule has 0 unspecified atom stereocenters. The summed E-state index contributed by atoms with van der Waals surface area (Å²) in [4.78, 5) is 17.8. The largest absolute Gasteiger partial charge is 0.508 e. The van der Waals surface area contributed by atoms with E-state index in [9.17, 15) is 9.90 Å². The Bertz CT molecular complexity index is 975. The number of hydrogen-bond acceptors (Lipinski definition) is 5. The van der Waals surface area contributed by atoms with Gasteiger partial charge in [0.05, 0.1) is 18.7 Å². The van der Waals surface area contributed by atoms with Gasteiger partial charge in [-0.05, 0) is 55.4 Å². The molecule has 0 spiro atoms. The highest BCUT2D eigenvalue weighted by Gasteiger charge is 2.12. The number of pyridine rings is 1. The summed E-state index contributed by atoms with van der Waals surface area (Å²) < 4.78 is 4.97. The van der Waals surface area contributed by atoms with E-state index >= 15 is 0 Å². The maximum absolute atomic E-state index is 11.6. The van der Waals surface area contributed by atoms with Crippen LogP contribution in [0.1, 0.15) is 12.5 Å². The minimum Gasteiger partial charge on any atom is -0.508 e. The average Bonchev–Trinajstić information content (AvgIpc) is 2.63. The molecule has 0 atom stereocenters. The molecule has 0 aliphatic rings. The third-order valence-electron chi connectivity index (χ3n) is 4.24. The van der Waals surface area contributed by atoms with E-state index in [1.807, 2.05) is 43.4 Å². The van der Waals surface area contributed by atoms with Crippen LogP contribution in [0.25, 0.3) is 22.0 Å². The minimum absolute atomic E-state index is 0.161. The number of aromatic hydroxyl groups is 1. The Labute approximate surface area is 163 Å². The number of phenols is 1. The third kappa shape index (κ3) is 4.56. The summed E-state index contributed by atoms with van der Waals surface area (Å²) >= 11 is 6.07. The van der Waals surface area contributed by atoms with Crippen molar-refractivity contribution in [2.24, 2.45) is 0 Å². The molecule has 0 amide bonds. The Morgan fingerprint density at radius 1 is 1.22 bits per heavy atom. The van der Waals surface area contributed by atoms with Crippen molar-refractivity contribution in [2.75, 3.05) is 20.2 Å². The van der Waals surface area contributed by atoms with E-state index in [0.29, 0.717) is 18.2 Å². The maximum atomic E-state index is 11.6. The molecular weight excluding hydrogens is 364 g/mol. The molecular formula is C21H21ClN2O3. The number of carbonyl (C=O) groups excluding carboxylic acids is 1. The lowest BCUT2D eigenvalue weighted by atomic mass is 9.99. The quantitative estimate of drug-likeness (QED) is 0.643. The van der Waals surface area contributed by atoms with Gasteiger partial charge in [0.15, 0.2) is 0 Å². The van der Waals surface area contributed by atoms with Crippen molar-refractivity contribution in [2.45, 2.75) is 13.5 Å². The van der Waals surface area contributed by atoms with Gasteiger partial charge in [-0.1, -0.05) is 23.7 Å². The number of halogens is 1. The summed E-state index contributed by atoms with van der Waals surface area (Å²) in [6.45, 7) is 2.72. The van der Waals surface area contributed by atoms with Crippen LogP contribution in [-0.2, 0) is 16.1 Å². The molecule has 27 heavy (non-hydrogen) atoms. The molecule has 5 nitrogen and oxygen atoms in total. The van der Waals surface area contributed by atoms with Gasteiger partial charge in [0.2, 0.25) is 0 Å². The summed E-state index contributed by atoms with van der Waals surface area (Å²) in [5.41, 5.74) is 3.51. The standard InChI is InChI=1S/C21H21ClN2O3/c1-3-27-21(26)13-24(2)12-15-10-14(4-7-20(15)25)17-8-9-23-19-11-16(22)5-6-18(17)19/h4-11,25H,3,12-13H2,1-2H3. The number of hydrogen-bond donors (Lipinski definition) is 1. The van der Waals surface area contributed by atoms with Crippen molar-refractivity contribution in [1.82, 2.24) is 9.88 Å². The predicted molar refractivity (Wildman–Crippen MR) is 107 cm³/mol. The number of rotatable bonds is 6. The Morgan fingerprint density at radius 2 is 2.04 bits per heavy atom. The molecule has 0 radical (unpaired) electrons. The van der Waals surface area contributed by atoms with Crippen molar-refractivity contribution >= 4 is 28.5 Å². The molecule has 2 aromatic carbocycles.